The van der Waals surface area contributed by atoms with Crippen LogP contribution in [0.1, 0.15) is 35.0 Å². The number of ether oxygens (including phenoxy) is 1. The minimum absolute atomic E-state index is 0.152. The highest BCUT2D eigenvalue weighted by Gasteiger charge is 2.31. The summed E-state index contributed by atoms with van der Waals surface area (Å²) in [5.74, 6) is 1.88. The topological polar surface area (TPSA) is 56.1 Å². The highest BCUT2D eigenvalue weighted by molar-refractivity contribution is 6.03. The van der Waals surface area contributed by atoms with Crippen molar-refractivity contribution in [2.24, 2.45) is 5.92 Å². The third-order valence-electron chi connectivity index (χ3n) is 4.93. The highest BCUT2D eigenvalue weighted by Crippen LogP contribution is 2.34. The van der Waals surface area contributed by atoms with Gasteiger partial charge < -0.3 is 10.1 Å². The fourth-order valence-electron chi connectivity index (χ4n) is 3.64. The number of rotatable bonds is 4. The van der Waals surface area contributed by atoms with Crippen molar-refractivity contribution in [1.29, 1.82) is 0 Å². The van der Waals surface area contributed by atoms with Crippen LogP contribution in [0.25, 0.3) is 5.69 Å². The van der Waals surface area contributed by atoms with Crippen molar-refractivity contribution in [3.8, 4) is 11.4 Å². The lowest BCUT2D eigenvalue weighted by molar-refractivity contribution is 0.0953. The van der Waals surface area contributed by atoms with Crippen LogP contribution in [0.2, 0.25) is 0 Å². The number of hydrogen-bond acceptors (Lipinski definition) is 4. The van der Waals surface area contributed by atoms with E-state index in [1.54, 1.807) is 7.11 Å². The molecule has 0 fully saturated rings. The summed E-state index contributed by atoms with van der Waals surface area (Å²) in [5, 5.41) is 8.12. The van der Waals surface area contributed by atoms with Crippen molar-refractivity contribution in [2.75, 3.05) is 12.4 Å². The summed E-state index contributed by atoms with van der Waals surface area (Å²) >= 11 is 0. The van der Waals surface area contributed by atoms with E-state index in [-0.39, 0.29) is 5.78 Å². The van der Waals surface area contributed by atoms with Gasteiger partial charge in [-0.2, -0.15) is 0 Å². The lowest BCUT2D eigenvalue weighted by Gasteiger charge is -2.19. The van der Waals surface area contributed by atoms with E-state index in [9.17, 15) is 4.79 Å². The summed E-state index contributed by atoms with van der Waals surface area (Å²) in [4.78, 5) is 12.8. The molecule has 1 heterocycles. The Morgan fingerprint density at radius 3 is 2.63 bits per heavy atom. The number of benzene rings is 2. The van der Waals surface area contributed by atoms with Crippen molar-refractivity contribution in [3.05, 3.63) is 65.4 Å². The van der Waals surface area contributed by atoms with E-state index in [1.807, 2.05) is 54.1 Å². The average Bonchev–Trinajstić information content (AvgIpc) is 3.00. The molecule has 0 saturated heterocycles. The predicted octanol–water partition coefficient (Wildman–Crippen LogP) is 4.70. The normalized spacial score (nSPS) is 16.1. The number of nitrogens with one attached hydrogen (secondary N) is 1. The first kappa shape index (κ1) is 17.3. The molecular formula is C22H23N3O2. The van der Waals surface area contributed by atoms with E-state index in [1.165, 1.54) is 0 Å². The van der Waals surface area contributed by atoms with Gasteiger partial charge in [-0.25, -0.2) is 4.68 Å². The fourth-order valence-corrected chi connectivity index (χ4v) is 3.64. The SMILES string of the molecule is COc1ccc(-n2nc(Nc3cccc(C)c3)c3c2C[C@H](C)CC3=O)cc1. The molecule has 138 valence electrons. The number of Topliss-reactive ketones (excluding diaryl/α,β-unsaturated/α-hetero) is 1. The summed E-state index contributed by atoms with van der Waals surface area (Å²) in [6.07, 6.45) is 1.39. The van der Waals surface area contributed by atoms with Gasteiger partial charge in [0.25, 0.3) is 0 Å². The summed E-state index contributed by atoms with van der Waals surface area (Å²) in [6, 6.07) is 15.8. The van der Waals surface area contributed by atoms with Crippen LogP contribution < -0.4 is 10.1 Å². The monoisotopic (exact) mass is 361 g/mol. The Hall–Kier alpha value is -3.08. The van der Waals surface area contributed by atoms with Gasteiger partial charge in [0.05, 0.1) is 24.1 Å². The van der Waals surface area contributed by atoms with Gasteiger partial charge in [-0.1, -0.05) is 19.1 Å². The first-order chi connectivity index (χ1) is 13.0. The fraction of sp³-hybridized carbons (Fsp3) is 0.273. The maximum absolute atomic E-state index is 12.8. The third kappa shape index (κ3) is 3.33. The van der Waals surface area contributed by atoms with Crippen molar-refractivity contribution < 1.29 is 9.53 Å². The molecule has 3 aromatic rings. The van der Waals surface area contributed by atoms with Crippen molar-refractivity contribution in [3.63, 3.8) is 0 Å². The number of hydrogen-bond donors (Lipinski definition) is 1. The summed E-state index contributed by atoms with van der Waals surface area (Å²) in [7, 11) is 1.65. The van der Waals surface area contributed by atoms with Crippen molar-refractivity contribution in [2.45, 2.75) is 26.7 Å². The molecule has 0 unspecified atom stereocenters. The number of ketones is 1. The Kier molecular flexibility index (Phi) is 4.44. The Morgan fingerprint density at radius 1 is 1.15 bits per heavy atom. The van der Waals surface area contributed by atoms with Gasteiger partial charge in [-0.05, 0) is 61.2 Å². The lowest BCUT2D eigenvalue weighted by atomic mass is 9.87. The minimum Gasteiger partial charge on any atom is -0.497 e. The average molecular weight is 361 g/mol. The van der Waals surface area contributed by atoms with Crippen LogP contribution >= 0.6 is 0 Å². The zero-order chi connectivity index (χ0) is 19.0. The Bertz CT molecular complexity index is 989. The van der Waals surface area contributed by atoms with Crippen molar-refractivity contribution >= 4 is 17.3 Å². The number of nitrogens with zero attached hydrogens (tertiary/aromatic N) is 2. The molecule has 0 aliphatic heterocycles. The number of aromatic nitrogens is 2. The van der Waals surface area contributed by atoms with E-state index in [0.29, 0.717) is 23.7 Å². The van der Waals surface area contributed by atoms with Gasteiger partial charge in [0.1, 0.15) is 5.75 Å². The Balaban J connectivity index is 1.81. The number of aryl methyl sites for hydroxylation is 1. The number of methoxy groups -OCH3 is 1. The molecule has 1 aromatic heterocycles. The van der Waals surface area contributed by atoms with Crippen LogP contribution in [-0.4, -0.2) is 22.7 Å². The van der Waals surface area contributed by atoms with Gasteiger partial charge in [0.2, 0.25) is 0 Å². The Labute approximate surface area is 159 Å². The van der Waals surface area contributed by atoms with Gasteiger partial charge in [-0.15, -0.1) is 5.10 Å². The van der Waals surface area contributed by atoms with E-state index in [4.69, 9.17) is 9.84 Å². The first-order valence-electron chi connectivity index (χ1n) is 9.18. The second-order valence-corrected chi connectivity index (χ2v) is 7.21. The lowest BCUT2D eigenvalue weighted by Crippen LogP contribution is -2.19. The molecule has 0 bridgehead atoms. The molecule has 1 N–H and O–H groups in total. The molecule has 0 amide bonds. The molecular weight excluding hydrogens is 338 g/mol. The van der Waals surface area contributed by atoms with E-state index < -0.39 is 0 Å². The maximum atomic E-state index is 12.8. The summed E-state index contributed by atoms with van der Waals surface area (Å²) in [6.45, 7) is 4.16. The second kappa shape index (κ2) is 6.91. The highest BCUT2D eigenvalue weighted by atomic mass is 16.5. The van der Waals surface area contributed by atoms with Crippen LogP contribution in [-0.2, 0) is 6.42 Å². The third-order valence-corrected chi connectivity index (χ3v) is 4.93. The van der Waals surface area contributed by atoms with E-state index in [2.05, 4.69) is 18.3 Å². The number of fused-ring (bicyclic) bond motifs is 1. The van der Waals surface area contributed by atoms with Crippen LogP contribution in [0.15, 0.2) is 48.5 Å². The van der Waals surface area contributed by atoms with Gasteiger partial charge >= 0.3 is 0 Å². The summed E-state index contributed by atoms with van der Waals surface area (Å²) in [5.41, 5.74) is 4.70. The van der Waals surface area contributed by atoms with Crippen LogP contribution in [0.4, 0.5) is 11.5 Å². The van der Waals surface area contributed by atoms with E-state index >= 15 is 0 Å². The van der Waals surface area contributed by atoms with Gasteiger partial charge in [0, 0.05) is 12.1 Å². The van der Waals surface area contributed by atoms with Gasteiger partial charge in [0.15, 0.2) is 11.6 Å². The molecule has 1 atom stereocenters. The van der Waals surface area contributed by atoms with Gasteiger partial charge in [-0.3, -0.25) is 4.79 Å². The van der Waals surface area contributed by atoms with Crippen LogP contribution in [0, 0.1) is 12.8 Å². The molecule has 1 aliphatic carbocycles. The second-order valence-electron chi connectivity index (χ2n) is 7.21. The Morgan fingerprint density at radius 2 is 1.93 bits per heavy atom. The van der Waals surface area contributed by atoms with Crippen LogP contribution in [0.3, 0.4) is 0 Å². The number of carbonyl (C=O) groups is 1. The molecule has 0 spiro atoms. The van der Waals surface area contributed by atoms with E-state index in [0.717, 1.165) is 34.8 Å². The standard InChI is InChI=1S/C22H23N3O2/c1-14-5-4-6-16(11-14)23-22-21-19(12-15(2)13-20(21)26)25(24-22)17-7-9-18(27-3)10-8-17/h4-11,15H,12-13H2,1-3H3,(H,23,24)/t15-/m0/s1. The minimum atomic E-state index is 0.152. The molecule has 0 radical (unpaired) electrons. The first-order valence-corrected chi connectivity index (χ1v) is 9.18. The zero-order valence-corrected chi connectivity index (χ0v) is 15.8. The zero-order valence-electron chi connectivity index (χ0n) is 15.8. The summed E-state index contributed by atoms with van der Waals surface area (Å²) < 4.78 is 7.14. The molecule has 0 saturated carbocycles. The smallest absolute Gasteiger partial charge is 0.168 e. The molecule has 2 aromatic carbocycles. The van der Waals surface area contributed by atoms with Crippen molar-refractivity contribution in [1.82, 2.24) is 9.78 Å². The molecule has 1 aliphatic rings. The maximum Gasteiger partial charge on any atom is 0.168 e. The largest absolute Gasteiger partial charge is 0.497 e. The quantitative estimate of drug-likeness (QED) is 0.732. The molecule has 27 heavy (non-hydrogen) atoms. The molecule has 4 rings (SSSR count). The molecule has 5 nitrogen and oxygen atoms in total. The van der Waals surface area contributed by atoms with Crippen LogP contribution in [0.5, 0.6) is 5.75 Å². The predicted molar refractivity (Wildman–Crippen MR) is 106 cm³/mol. The number of carbonyl (C=O) groups excluding carboxylic acids is 1. The molecule has 5 heteroatoms. The number of anilines is 2.